The largest absolute Gasteiger partial charge is 0.504 e. The number of pyridine rings is 1. The second-order valence-electron chi connectivity index (χ2n) is 5.41. The van der Waals surface area contributed by atoms with Gasteiger partial charge < -0.3 is 10.2 Å². The Bertz CT molecular complexity index is 1010. The van der Waals surface area contributed by atoms with Gasteiger partial charge in [0.05, 0.1) is 16.8 Å². The van der Waals surface area contributed by atoms with Gasteiger partial charge in [0.1, 0.15) is 0 Å². The van der Waals surface area contributed by atoms with Crippen LogP contribution in [0.15, 0.2) is 53.3 Å². The van der Waals surface area contributed by atoms with Crippen LogP contribution in [-0.2, 0) is 6.42 Å². The standard InChI is InChI=1S/C19H15NO4/c1-2-11-7-8-15-13(9-11)14(19(23)24)10-16(20-15)12-5-3-4-6-17(21)18(12)22/h3-10H,2H2,1H3,(H,21,22)(H,23,24). The lowest BCUT2D eigenvalue weighted by molar-refractivity contribution is 0.0699. The van der Waals surface area contributed by atoms with Crippen LogP contribution in [0.1, 0.15) is 22.8 Å². The number of carboxylic acid groups (broad SMARTS) is 1. The molecule has 0 spiro atoms. The number of aromatic carboxylic acids is 1. The number of aromatic nitrogens is 1. The van der Waals surface area contributed by atoms with Gasteiger partial charge in [-0.2, -0.15) is 0 Å². The highest BCUT2D eigenvalue weighted by molar-refractivity contribution is 6.04. The van der Waals surface area contributed by atoms with Crippen LogP contribution in [0, 0.1) is 0 Å². The molecule has 5 nitrogen and oxygen atoms in total. The SMILES string of the molecule is CCc1ccc2nc(-c3ccccc(=O)c3O)cc(C(=O)O)c2c1. The molecule has 24 heavy (non-hydrogen) atoms. The summed E-state index contributed by atoms with van der Waals surface area (Å²) in [5.41, 5.74) is 1.50. The molecule has 2 N–H and O–H groups in total. The highest BCUT2D eigenvalue weighted by atomic mass is 16.4. The van der Waals surface area contributed by atoms with Gasteiger partial charge in [0.25, 0.3) is 0 Å². The summed E-state index contributed by atoms with van der Waals surface area (Å²) < 4.78 is 0. The van der Waals surface area contributed by atoms with Crippen LogP contribution < -0.4 is 5.43 Å². The average molecular weight is 321 g/mol. The number of carboxylic acids is 1. The molecule has 0 saturated carbocycles. The summed E-state index contributed by atoms with van der Waals surface area (Å²) in [7, 11) is 0. The maximum absolute atomic E-state index is 11.8. The topological polar surface area (TPSA) is 87.5 Å². The number of hydrogen-bond acceptors (Lipinski definition) is 4. The molecule has 1 heterocycles. The van der Waals surface area contributed by atoms with Crippen molar-refractivity contribution in [2.24, 2.45) is 0 Å². The van der Waals surface area contributed by atoms with Crippen LogP contribution in [0.4, 0.5) is 0 Å². The Morgan fingerprint density at radius 2 is 1.88 bits per heavy atom. The van der Waals surface area contributed by atoms with Crippen molar-refractivity contribution in [3.8, 4) is 17.0 Å². The van der Waals surface area contributed by atoms with Crippen molar-refractivity contribution in [1.29, 1.82) is 0 Å². The zero-order valence-electron chi connectivity index (χ0n) is 13.0. The summed E-state index contributed by atoms with van der Waals surface area (Å²) in [4.78, 5) is 27.9. The number of hydrogen-bond donors (Lipinski definition) is 2. The van der Waals surface area contributed by atoms with E-state index in [1.54, 1.807) is 18.2 Å². The summed E-state index contributed by atoms with van der Waals surface area (Å²) in [6.45, 7) is 1.99. The lowest BCUT2D eigenvalue weighted by atomic mass is 10.0. The number of benzene rings is 1. The molecule has 120 valence electrons. The molecule has 3 rings (SSSR count). The first-order valence-corrected chi connectivity index (χ1v) is 7.51. The Labute approximate surface area is 137 Å². The van der Waals surface area contributed by atoms with Crippen molar-refractivity contribution in [3.63, 3.8) is 0 Å². The average Bonchev–Trinajstić information content (AvgIpc) is 2.75. The predicted octanol–water partition coefficient (Wildman–Crippen LogP) is 3.23. The Morgan fingerprint density at radius 3 is 2.58 bits per heavy atom. The van der Waals surface area contributed by atoms with E-state index in [0.29, 0.717) is 10.9 Å². The molecule has 0 radical (unpaired) electrons. The molecule has 3 aromatic rings. The fourth-order valence-electron chi connectivity index (χ4n) is 2.60. The molecule has 2 aromatic carbocycles. The fraction of sp³-hybridized carbons (Fsp3) is 0.105. The number of nitrogens with zero attached hydrogens (tertiary/aromatic N) is 1. The Balaban J connectivity index is 2.36. The molecule has 0 aliphatic rings. The van der Waals surface area contributed by atoms with Gasteiger partial charge >= 0.3 is 5.97 Å². The molecule has 0 atom stereocenters. The quantitative estimate of drug-likeness (QED) is 0.773. The van der Waals surface area contributed by atoms with Gasteiger partial charge in [-0.15, -0.1) is 0 Å². The van der Waals surface area contributed by atoms with E-state index in [0.717, 1.165) is 12.0 Å². The minimum atomic E-state index is -1.08. The highest BCUT2D eigenvalue weighted by Gasteiger charge is 2.15. The smallest absolute Gasteiger partial charge is 0.336 e. The molecule has 0 aliphatic carbocycles. The monoisotopic (exact) mass is 321 g/mol. The van der Waals surface area contributed by atoms with E-state index in [9.17, 15) is 19.8 Å². The molecule has 0 saturated heterocycles. The van der Waals surface area contributed by atoms with Gasteiger partial charge in [0.2, 0.25) is 5.43 Å². The van der Waals surface area contributed by atoms with Crippen molar-refractivity contribution in [2.45, 2.75) is 13.3 Å². The second kappa shape index (κ2) is 6.12. The third kappa shape index (κ3) is 2.72. The molecule has 0 unspecified atom stereocenters. The number of aryl methyl sites for hydroxylation is 1. The molecular formula is C19H15NO4. The first-order chi connectivity index (χ1) is 11.5. The number of carbonyl (C=O) groups is 1. The summed E-state index contributed by atoms with van der Waals surface area (Å²) in [6, 6.07) is 12.7. The highest BCUT2D eigenvalue weighted by Crippen LogP contribution is 2.29. The van der Waals surface area contributed by atoms with E-state index in [4.69, 9.17) is 0 Å². The van der Waals surface area contributed by atoms with E-state index in [1.165, 1.54) is 24.3 Å². The van der Waals surface area contributed by atoms with Crippen LogP contribution in [0.25, 0.3) is 22.2 Å². The van der Waals surface area contributed by atoms with Gasteiger partial charge in [-0.05, 0) is 42.3 Å². The molecule has 0 aliphatic heterocycles. The van der Waals surface area contributed by atoms with Gasteiger partial charge in [-0.3, -0.25) is 4.79 Å². The normalized spacial score (nSPS) is 10.7. The van der Waals surface area contributed by atoms with Gasteiger partial charge in [0.15, 0.2) is 5.75 Å². The van der Waals surface area contributed by atoms with E-state index >= 15 is 0 Å². The molecule has 0 bridgehead atoms. The zero-order valence-corrected chi connectivity index (χ0v) is 13.0. The van der Waals surface area contributed by atoms with Crippen LogP contribution in [0.5, 0.6) is 5.75 Å². The maximum atomic E-state index is 11.8. The molecule has 0 fully saturated rings. The van der Waals surface area contributed by atoms with Crippen molar-refractivity contribution < 1.29 is 15.0 Å². The summed E-state index contributed by atoms with van der Waals surface area (Å²) in [5, 5.41) is 20.2. The first kappa shape index (κ1) is 15.7. The summed E-state index contributed by atoms with van der Waals surface area (Å²) in [5.74, 6) is -1.53. The van der Waals surface area contributed by atoms with Crippen molar-refractivity contribution in [2.75, 3.05) is 0 Å². The minimum absolute atomic E-state index is 0.0867. The predicted molar refractivity (Wildman–Crippen MR) is 91.5 cm³/mol. The van der Waals surface area contributed by atoms with Crippen LogP contribution in [0.3, 0.4) is 0 Å². The summed E-state index contributed by atoms with van der Waals surface area (Å²) in [6.07, 6.45) is 0.783. The van der Waals surface area contributed by atoms with Crippen molar-refractivity contribution in [3.05, 3.63) is 69.9 Å². The second-order valence-corrected chi connectivity index (χ2v) is 5.41. The third-order valence-corrected chi connectivity index (χ3v) is 3.90. The van der Waals surface area contributed by atoms with E-state index in [-0.39, 0.29) is 16.8 Å². The molecule has 5 heteroatoms. The Kier molecular flexibility index (Phi) is 4.00. The molecule has 1 aromatic heterocycles. The van der Waals surface area contributed by atoms with Gasteiger partial charge in [-0.25, -0.2) is 9.78 Å². The van der Waals surface area contributed by atoms with Gasteiger partial charge in [0, 0.05) is 10.9 Å². The summed E-state index contributed by atoms with van der Waals surface area (Å²) >= 11 is 0. The molecule has 0 amide bonds. The van der Waals surface area contributed by atoms with Crippen LogP contribution >= 0.6 is 0 Å². The lowest BCUT2D eigenvalue weighted by Gasteiger charge is -2.08. The Morgan fingerprint density at radius 1 is 1.12 bits per heavy atom. The third-order valence-electron chi connectivity index (χ3n) is 3.90. The Hall–Kier alpha value is -3.21. The van der Waals surface area contributed by atoms with Crippen LogP contribution in [0.2, 0.25) is 0 Å². The minimum Gasteiger partial charge on any atom is -0.504 e. The number of fused-ring (bicyclic) bond motifs is 1. The first-order valence-electron chi connectivity index (χ1n) is 7.51. The number of aromatic hydroxyl groups is 1. The van der Waals surface area contributed by atoms with E-state index in [1.807, 2.05) is 13.0 Å². The fourth-order valence-corrected chi connectivity index (χ4v) is 2.60. The van der Waals surface area contributed by atoms with E-state index < -0.39 is 17.1 Å². The van der Waals surface area contributed by atoms with Crippen LogP contribution in [-0.4, -0.2) is 21.2 Å². The lowest BCUT2D eigenvalue weighted by Crippen LogP contribution is -2.02. The molecular weight excluding hydrogens is 306 g/mol. The maximum Gasteiger partial charge on any atom is 0.336 e. The zero-order chi connectivity index (χ0) is 17.3. The van der Waals surface area contributed by atoms with Gasteiger partial charge in [-0.1, -0.05) is 25.1 Å². The number of rotatable bonds is 3. The van der Waals surface area contributed by atoms with E-state index in [2.05, 4.69) is 4.98 Å². The van der Waals surface area contributed by atoms with Crippen molar-refractivity contribution >= 4 is 16.9 Å². The van der Waals surface area contributed by atoms with Crippen molar-refractivity contribution in [1.82, 2.24) is 4.98 Å².